The number of anilines is 2. The Labute approximate surface area is 126 Å². The normalized spacial score (nSPS) is 16.6. The third-order valence-corrected chi connectivity index (χ3v) is 3.41. The molecule has 8 nitrogen and oxygen atoms in total. The second-order valence-corrected chi connectivity index (χ2v) is 4.99. The first kappa shape index (κ1) is 14.1. The van der Waals surface area contributed by atoms with E-state index in [1.54, 1.807) is 6.07 Å². The second kappa shape index (κ2) is 5.47. The van der Waals surface area contributed by atoms with Gasteiger partial charge in [-0.25, -0.2) is 4.68 Å². The molecule has 0 saturated carbocycles. The van der Waals surface area contributed by atoms with Gasteiger partial charge in [0, 0.05) is 0 Å². The van der Waals surface area contributed by atoms with E-state index in [0.29, 0.717) is 11.4 Å². The number of nitrogens with zero attached hydrogens (tertiary/aromatic N) is 3. The predicted octanol–water partition coefficient (Wildman–Crippen LogP) is 1.12. The summed E-state index contributed by atoms with van der Waals surface area (Å²) in [5.41, 5.74) is 1.54. The topological polar surface area (TPSA) is 98.1 Å². The Hall–Kier alpha value is -2.90. The van der Waals surface area contributed by atoms with Crippen molar-refractivity contribution in [2.45, 2.75) is 19.4 Å². The van der Waals surface area contributed by atoms with E-state index in [4.69, 9.17) is 4.74 Å². The first-order valence-electron chi connectivity index (χ1n) is 6.73. The summed E-state index contributed by atoms with van der Waals surface area (Å²) >= 11 is 0. The molecule has 2 amide bonds. The fourth-order valence-corrected chi connectivity index (χ4v) is 2.34. The van der Waals surface area contributed by atoms with Gasteiger partial charge in [0.1, 0.15) is 18.1 Å². The zero-order valence-electron chi connectivity index (χ0n) is 12.2. The number of amides is 2. The number of ether oxygens (including phenoxy) is 1. The molecule has 2 heterocycles. The van der Waals surface area contributed by atoms with E-state index in [-0.39, 0.29) is 24.2 Å². The minimum Gasteiger partial charge on any atom is -0.495 e. The van der Waals surface area contributed by atoms with Crippen molar-refractivity contribution in [3.8, 4) is 5.75 Å². The fraction of sp³-hybridized carbons (Fsp3) is 0.286. The lowest BCUT2D eigenvalue weighted by Gasteiger charge is -2.23. The molecular weight excluding hydrogens is 286 g/mol. The summed E-state index contributed by atoms with van der Waals surface area (Å²) in [4.78, 5) is 28.1. The van der Waals surface area contributed by atoms with Gasteiger partial charge in [0.2, 0.25) is 17.8 Å². The van der Waals surface area contributed by atoms with Gasteiger partial charge in [-0.05, 0) is 24.6 Å². The van der Waals surface area contributed by atoms with E-state index in [1.165, 1.54) is 18.1 Å². The van der Waals surface area contributed by atoms with Gasteiger partial charge in [-0.1, -0.05) is 6.07 Å². The van der Waals surface area contributed by atoms with Gasteiger partial charge in [0.15, 0.2) is 0 Å². The van der Waals surface area contributed by atoms with Crippen LogP contribution in [0.4, 0.5) is 11.6 Å². The average molecular weight is 301 g/mol. The van der Waals surface area contributed by atoms with Crippen molar-refractivity contribution in [2.75, 3.05) is 17.7 Å². The van der Waals surface area contributed by atoms with Gasteiger partial charge in [-0.2, -0.15) is 10.1 Å². The van der Waals surface area contributed by atoms with Crippen LogP contribution < -0.4 is 15.4 Å². The number of rotatable bonds is 3. The van der Waals surface area contributed by atoms with Crippen molar-refractivity contribution in [3.05, 3.63) is 30.1 Å². The van der Waals surface area contributed by atoms with E-state index in [1.807, 2.05) is 19.1 Å². The number of aromatic nitrogens is 3. The molecule has 0 saturated heterocycles. The molecule has 0 radical (unpaired) electrons. The van der Waals surface area contributed by atoms with Crippen LogP contribution in [0.15, 0.2) is 24.5 Å². The lowest BCUT2D eigenvalue weighted by atomic mass is 10.1. The zero-order valence-corrected chi connectivity index (χ0v) is 12.2. The molecule has 1 aliphatic rings. The summed E-state index contributed by atoms with van der Waals surface area (Å²) < 4.78 is 6.64. The highest BCUT2D eigenvalue weighted by Gasteiger charge is 2.32. The van der Waals surface area contributed by atoms with Crippen LogP contribution in [0.5, 0.6) is 5.75 Å². The summed E-state index contributed by atoms with van der Waals surface area (Å²) in [5, 5.41) is 9.35. The molecule has 22 heavy (non-hydrogen) atoms. The molecular formula is C14H15N5O3. The van der Waals surface area contributed by atoms with Crippen molar-refractivity contribution in [2.24, 2.45) is 0 Å². The van der Waals surface area contributed by atoms with Crippen molar-refractivity contribution >= 4 is 23.5 Å². The quantitative estimate of drug-likeness (QED) is 0.885. The van der Waals surface area contributed by atoms with Gasteiger partial charge >= 0.3 is 0 Å². The predicted molar refractivity (Wildman–Crippen MR) is 78.7 cm³/mol. The Morgan fingerprint density at radius 2 is 2.32 bits per heavy atom. The Bertz CT molecular complexity index is 740. The maximum atomic E-state index is 12.5. The number of carbonyl (C=O) groups excluding carboxylic acids is 2. The lowest BCUT2D eigenvalue weighted by molar-refractivity contribution is -0.125. The molecule has 0 aliphatic carbocycles. The molecule has 1 aliphatic heterocycles. The third-order valence-electron chi connectivity index (χ3n) is 3.41. The maximum Gasteiger partial charge on any atom is 0.250 e. The SMILES string of the molecule is COc1ccc(C)cc1NC(=O)[C@H]1CC(=O)Nc2ncnn21. The van der Waals surface area contributed by atoms with E-state index < -0.39 is 6.04 Å². The Morgan fingerprint density at radius 1 is 1.50 bits per heavy atom. The standard InChI is InChI=1S/C14H15N5O3/c1-8-3-4-11(22-2)9(5-8)17-13(21)10-6-12(20)18-14-15-7-16-19(10)14/h3-5,7,10H,6H2,1-2H3,(H,17,21)(H,15,16,18,20)/t10-/m1/s1. The highest BCUT2D eigenvalue weighted by molar-refractivity contribution is 6.01. The van der Waals surface area contributed by atoms with Crippen LogP contribution >= 0.6 is 0 Å². The Morgan fingerprint density at radius 3 is 3.09 bits per heavy atom. The molecule has 1 atom stereocenters. The maximum absolute atomic E-state index is 12.5. The van der Waals surface area contributed by atoms with Crippen LogP contribution in [0.25, 0.3) is 0 Å². The number of methoxy groups -OCH3 is 1. The van der Waals surface area contributed by atoms with E-state index >= 15 is 0 Å². The minimum absolute atomic E-state index is 0.0102. The number of carbonyl (C=O) groups is 2. The molecule has 0 unspecified atom stereocenters. The van der Waals surface area contributed by atoms with Gasteiger partial charge in [0.25, 0.3) is 0 Å². The number of aryl methyl sites for hydroxylation is 1. The molecule has 0 bridgehead atoms. The number of hydrogen-bond acceptors (Lipinski definition) is 5. The number of fused-ring (bicyclic) bond motifs is 1. The summed E-state index contributed by atoms with van der Waals surface area (Å²) in [5.74, 6) is 0.216. The van der Waals surface area contributed by atoms with Crippen molar-refractivity contribution in [1.29, 1.82) is 0 Å². The summed E-state index contributed by atoms with van der Waals surface area (Å²) in [6, 6.07) is 4.73. The number of hydrogen-bond donors (Lipinski definition) is 2. The van der Waals surface area contributed by atoms with Crippen molar-refractivity contribution < 1.29 is 14.3 Å². The molecule has 0 fully saturated rings. The number of nitrogens with one attached hydrogen (secondary N) is 2. The third kappa shape index (κ3) is 2.50. The van der Waals surface area contributed by atoms with Crippen molar-refractivity contribution in [3.63, 3.8) is 0 Å². The molecule has 3 rings (SSSR count). The minimum atomic E-state index is -0.739. The largest absolute Gasteiger partial charge is 0.495 e. The molecule has 2 N–H and O–H groups in total. The zero-order chi connectivity index (χ0) is 15.7. The second-order valence-electron chi connectivity index (χ2n) is 4.99. The van der Waals surface area contributed by atoms with Crippen LogP contribution in [-0.2, 0) is 9.59 Å². The van der Waals surface area contributed by atoms with Crippen LogP contribution in [0.2, 0.25) is 0 Å². The Balaban J connectivity index is 1.87. The van der Waals surface area contributed by atoms with Gasteiger partial charge in [-0.3, -0.25) is 14.9 Å². The Kier molecular flexibility index (Phi) is 3.50. The molecule has 1 aromatic heterocycles. The van der Waals surface area contributed by atoms with Crippen molar-refractivity contribution in [1.82, 2.24) is 14.8 Å². The molecule has 1 aromatic carbocycles. The van der Waals surface area contributed by atoms with Gasteiger partial charge < -0.3 is 10.1 Å². The monoisotopic (exact) mass is 301 g/mol. The summed E-state index contributed by atoms with van der Waals surface area (Å²) in [7, 11) is 1.53. The van der Waals surface area contributed by atoms with Gasteiger partial charge in [0.05, 0.1) is 19.2 Å². The summed E-state index contributed by atoms with van der Waals surface area (Å²) in [6.45, 7) is 1.92. The first-order chi connectivity index (χ1) is 10.6. The smallest absolute Gasteiger partial charge is 0.250 e. The molecule has 2 aromatic rings. The van der Waals surface area contributed by atoms with E-state index in [9.17, 15) is 9.59 Å². The van der Waals surface area contributed by atoms with Crippen LogP contribution in [0.3, 0.4) is 0 Å². The van der Waals surface area contributed by atoms with E-state index in [2.05, 4.69) is 20.7 Å². The highest BCUT2D eigenvalue weighted by atomic mass is 16.5. The molecule has 8 heteroatoms. The first-order valence-corrected chi connectivity index (χ1v) is 6.73. The van der Waals surface area contributed by atoms with Crippen LogP contribution in [0, 0.1) is 6.92 Å². The average Bonchev–Trinajstić information content (AvgIpc) is 2.94. The van der Waals surface area contributed by atoms with Crippen LogP contribution in [-0.4, -0.2) is 33.7 Å². The molecule has 0 spiro atoms. The van der Waals surface area contributed by atoms with E-state index in [0.717, 1.165) is 5.56 Å². The fourth-order valence-electron chi connectivity index (χ4n) is 2.34. The number of benzene rings is 1. The van der Waals surface area contributed by atoms with Crippen LogP contribution in [0.1, 0.15) is 18.0 Å². The highest BCUT2D eigenvalue weighted by Crippen LogP contribution is 2.28. The van der Waals surface area contributed by atoms with Gasteiger partial charge in [-0.15, -0.1) is 0 Å². The molecule has 114 valence electrons. The lowest BCUT2D eigenvalue weighted by Crippen LogP contribution is -2.36. The summed E-state index contributed by atoms with van der Waals surface area (Å²) in [6.07, 6.45) is 1.31.